The van der Waals surface area contributed by atoms with Crippen LogP contribution < -0.4 is 4.74 Å². The van der Waals surface area contributed by atoms with E-state index in [0.29, 0.717) is 11.5 Å². The van der Waals surface area contributed by atoms with Gasteiger partial charge in [0.25, 0.3) is 0 Å². The first-order chi connectivity index (χ1) is 7.22. The Labute approximate surface area is 87.9 Å². The first-order valence-electron chi connectivity index (χ1n) is 4.77. The van der Waals surface area contributed by atoms with E-state index < -0.39 is 6.10 Å². The van der Waals surface area contributed by atoms with E-state index in [-0.39, 0.29) is 0 Å². The molecule has 1 heterocycles. The molecule has 0 N–H and O–H groups in total. The number of fused-ring (bicyclic) bond motifs is 1. The predicted molar refractivity (Wildman–Crippen MR) is 56.7 cm³/mol. The molecule has 3 heteroatoms. The Morgan fingerprint density at radius 3 is 2.87 bits per heavy atom. The van der Waals surface area contributed by atoms with Crippen LogP contribution in [0.3, 0.4) is 0 Å². The van der Waals surface area contributed by atoms with Crippen molar-refractivity contribution in [3.63, 3.8) is 0 Å². The van der Waals surface area contributed by atoms with Crippen molar-refractivity contribution >= 4 is 11.0 Å². The van der Waals surface area contributed by atoms with Crippen LogP contribution in [0.25, 0.3) is 11.0 Å². The first kappa shape index (κ1) is 9.60. The molecule has 0 amide bonds. The smallest absolute Gasteiger partial charge is 0.181 e. The second-order valence-electron chi connectivity index (χ2n) is 3.37. The number of ether oxygens (including phenoxy) is 1. The SMILES string of the molecule is Cc1oc2ccccc2c1OC(C)C#N. The molecule has 0 spiro atoms. The Balaban J connectivity index is 2.50. The van der Waals surface area contributed by atoms with Crippen molar-refractivity contribution in [1.82, 2.24) is 0 Å². The molecule has 3 nitrogen and oxygen atoms in total. The average molecular weight is 201 g/mol. The first-order valence-corrected chi connectivity index (χ1v) is 4.77. The molecular formula is C12H11NO2. The van der Waals surface area contributed by atoms with Gasteiger partial charge in [-0.15, -0.1) is 0 Å². The molecular weight excluding hydrogens is 190 g/mol. The van der Waals surface area contributed by atoms with Gasteiger partial charge >= 0.3 is 0 Å². The number of hydrogen-bond acceptors (Lipinski definition) is 3. The van der Waals surface area contributed by atoms with Crippen molar-refractivity contribution in [3.05, 3.63) is 30.0 Å². The summed E-state index contributed by atoms with van der Waals surface area (Å²) in [6.45, 7) is 3.54. The van der Waals surface area contributed by atoms with Crippen LogP contribution in [0.2, 0.25) is 0 Å². The highest BCUT2D eigenvalue weighted by Gasteiger charge is 2.13. The van der Waals surface area contributed by atoms with Crippen LogP contribution in [0.4, 0.5) is 0 Å². The van der Waals surface area contributed by atoms with E-state index in [0.717, 1.165) is 11.0 Å². The number of nitrogens with zero attached hydrogens (tertiary/aromatic N) is 1. The maximum Gasteiger partial charge on any atom is 0.181 e. The number of rotatable bonds is 2. The second kappa shape index (κ2) is 3.66. The molecule has 76 valence electrons. The van der Waals surface area contributed by atoms with Gasteiger partial charge in [0.1, 0.15) is 17.4 Å². The number of benzene rings is 1. The van der Waals surface area contributed by atoms with Crippen molar-refractivity contribution in [2.75, 3.05) is 0 Å². The summed E-state index contributed by atoms with van der Waals surface area (Å²) in [4.78, 5) is 0. The average Bonchev–Trinajstić information content (AvgIpc) is 2.55. The standard InChI is InChI=1S/C12H11NO2/c1-8(7-13)14-12-9(2)15-11-6-4-3-5-10(11)12/h3-6,8H,1-2H3. The summed E-state index contributed by atoms with van der Waals surface area (Å²) in [6, 6.07) is 9.66. The summed E-state index contributed by atoms with van der Waals surface area (Å²) in [5.74, 6) is 1.37. The summed E-state index contributed by atoms with van der Waals surface area (Å²) in [5, 5.41) is 9.60. The lowest BCUT2D eigenvalue weighted by Gasteiger charge is -2.05. The topological polar surface area (TPSA) is 46.2 Å². The van der Waals surface area contributed by atoms with Gasteiger partial charge in [0.2, 0.25) is 0 Å². The minimum absolute atomic E-state index is 0.468. The van der Waals surface area contributed by atoms with E-state index in [1.807, 2.05) is 37.3 Å². The largest absolute Gasteiger partial charge is 0.472 e. The van der Waals surface area contributed by atoms with Crippen molar-refractivity contribution < 1.29 is 9.15 Å². The van der Waals surface area contributed by atoms with Crippen LogP contribution in [0.1, 0.15) is 12.7 Å². The van der Waals surface area contributed by atoms with E-state index in [4.69, 9.17) is 14.4 Å². The fourth-order valence-corrected chi connectivity index (χ4v) is 1.49. The Hall–Kier alpha value is -1.95. The predicted octanol–water partition coefficient (Wildman–Crippen LogP) is 3.03. The van der Waals surface area contributed by atoms with Crippen LogP contribution in [-0.4, -0.2) is 6.10 Å². The van der Waals surface area contributed by atoms with Gasteiger partial charge in [-0.05, 0) is 26.0 Å². The number of nitriles is 1. The number of para-hydroxylation sites is 1. The Morgan fingerprint density at radius 2 is 2.13 bits per heavy atom. The minimum Gasteiger partial charge on any atom is -0.472 e. The lowest BCUT2D eigenvalue weighted by atomic mass is 10.2. The highest BCUT2D eigenvalue weighted by molar-refractivity contribution is 5.85. The molecule has 2 rings (SSSR count). The summed E-state index contributed by atoms with van der Waals surface area (Å²) >= 11 is 0. The zero-order valence-corrected chi connectivity index (χ0v) is 8.65. The third kappa shape index (κ3) is 1.66. The van der Waals surface area contributed by atoms with Gasteiger partial charge in [-0.25, -0.2) is 0 Å². The fraction of sp³-hybridized carbons (Fsp3) is 0.250. The van der Waals surface area contributed by atoms with Crippen LogP contribution >= 0.6 is 0 Å². The normalized spacial score (nSPS) is 12.3. The molecule has 0 aliphatic heterocycles. The van der Waals surface area contributed by atoms with E-state index in [2.05, 4.69) is 0 Å². The quantitative estimate of drug-likeness (QED) is 0.750. The maximum atomic E-state index is 8.69. The molecule has 2 aromatic rings. The highest BCUT2D eigenvalue weighted by Crippen LogP contribution is 2.32. The fourth-order valence-electron chi connectivity index (χ4n) is 1.49. The van der Waals surface area contributed by atoms with Crippen LogP contribution in [-0.2, 0) is 0 Å². The van der Waals surface area contributed by atoms with Gasteiger partial charge in [-0.3, -0.25) is 0 Å². The molecule has 0 saturated heterocycles. The molecule has 0 fully saturated rings. The second-order valence-corrected chi connectivity index (χ2v) is 3.37. The molecule has 1 unspecified atom stereocenters. The van der Waals surface area contributed by atoms with Gasteiger partial charge < -0.3 is 9.15 Å². The number of furan rings is 1. The van der Waals surface area contributed by atoms with E-state index >= 15 is 0 Å². The Kier molecular flexibility index (Phi) is 2.34. The Bertz CT molecular complexity index is 522. The summed E-state index contributed by atoms with van der Waals surface area (Å²) in [7, 11) is 0. The van der Waals surface area contributed by atoms with E-state index in [1.54, 1.807) is 6.92 Å². The van der Waals surface area contributed by atoms with Crippen LogP contribution in [0.15, 0.2) is 28.7 Å². The van der Waals surface area contributed by atoms with Gasteiger partial charge in [0.05, 0.1) is 5.39 Å². The maximum absolute atomic E-state index is 8.69. The summed E-state index contributed by atoms with van der Waals surface area (Å²) in [6.07, 6.45) is -0.468. The van der Waals surface area contributed by atoms with Crippen molar-refractivity contribution in [3.8, 4) is 11.8 Å². The molecule has 0 saturated carbocycles. The van der Waals surface area contributed by atoms with Crippen LogP contribution in [0, 0.1) is 18.3 Å². The molecule has 1 aromatic heterocycles. The third-order valence-electron chi connectivity index (χ3n) is 2.19. The molecule has 0 bridgehead atoms. The summed E-state index contributed by atoms with van der Waals surface area (Å²) < 4.78 is 11.0. The number of hydrogen-bond donors (Lipinski definition) is 0. The monoisotopic (exact) mass is 201 g/mol. The van der Waals surface area contributed by atoms with Crippen molar-refractivity contribution in [2.24, 2.45) is 0 Å². The minimum atomic E-state index is -0.468. The summed E-state index contributed by atoms with van der Waals surface area (Å²) in [5.41, 5.74) is 0.787. The molecule has 1 aromatic carbocycles. The van der Waals surface area contributed by atoms with E-state index in [9.17, 15) is 0 Å². The van der Waals surface area contributed by atoms with E-state index in [1.165, 1.54) is 0 Å². The zero-order valence-electron chi connectivity index (χ0n) is 8.65. The van der Waals surface area contributed by atoms with Gasteiger partial charge in [0.15, 0.2) is 11.9 Å². The molecule has 0 aliphatic carbocycles. The third-order valence-corrected chi connectivity index (χ3v) is 2.19. The molecule has 0 radical (unpaired) electrons. The zero-order chi connectivity index (χ0) is 10.8. The molecule has 0 aliphatic rings. The highest BCUT2D eigenvalue weighted by atomic mass is 16.5. The van der Waals surface area contributed by atoms with Gasteiger partial charge in [-0.2, -0.15) is 5.26 Å². The van der Waals surface area contributed by atoms with Crippen LogP contribution in [0.5, 0.6) is 5.75 Å². The van der Waals surface area contributed by atoms with Gasteiger partial charge in [-0.1, -0.05) is 12.1 Å². The number of aryl methyl sites for hydroxylation is 1. The van der Waals surface area contributed by atoms with Gasteiger partial charge in [0, 0.05) is 0 Å². The molecule has 15 heavy (non-hydrogen) atoms. The lowest BCUT2D eigenvalue weighted by molar-refractivity contribution is 0.273. The van der Waals surface area contributed by atoms with Crippen molar-refractivity contribution in [1.29, 1.82) is 5.26 Å². The van der Waals surface area contributed by atoms with Crippen molar-refractivity contribution in [2.45, 2.75) is 20.0 Å². The Morgan fingerprint density at radius 1 is 1.40 bits per heavy atom. The molecule has 1 atom stereocenters. The lowest BCUT2D eigenvalue weighted by Crippen LogP contribution is -2.08.